The second kappa shape index (κ2) is 5.67. The maximum atomic E-state index is 12.6. The van der Waals surface area contributed by atoms with Crippen LogP contribution in [0.3, 0.4) is 0 Å². The summed E-state index contributed by atoms with van der Waals surface area (Å²) in [7, 11) is 0. The molecule has 24 heavy (non-hydrogen) atoms. The molecule has 1 amide bonds. The first kappa shape index (κ1) is 14.8. The van der Waals surface area contributed by atoms with Gasteiger partial charge in [-0.2, -0.15) is 0 Å². The van der Waals surface area contributed by atoms with Crippen molar-refractivity contribution in [2.45, 2.75) is 20.0 Å². The number of fused-ring (bicyclic) bond motifs is 1. The summed E-state index contributed by atoms with van der Waals surface area (Å²) in [5.41, 5.74) is 3.77. The number of hydrogen-bond acceptors (Lipinski definition) is 3. The molecule has 5 nitrogen and oxygen atoms in total. The Kier molecular flexibility index (Phi) is 3.49. The first-order chi connectivity index (χ1) is 11.6. The number of carbonyl (C=O) groups excluding carboxylic acids is 1. The van der Waals surface area contributed by atoms with Gasteiger partial charge in [0.05, 0.1) is 18.7 Å². The Labute approximate surface area is 140 Å². The molecule has 0 bridgehead atoms. The molecule has 0 atom stereocenters. The van der Waals surface area contributed by atoms with E-state index in [1.54, 1.807) is 6.20 Å². The molecular weight excluding hydrogens is 302 g/mol. The molecule has 3 aromatic rings. The number of benzene rings is 1. The van der Waals surface area contributed by atoms with Crippen molar-refractivity contribution < 1.29 is 9.53 Å². The van der Waals surface area contributed by atoms with Gasteiger partial charge in [-0.1, -0.05) is 18.2 Å². The fourth-order valence-electron chi connectivity index (χ4n) is 3.06. The fraction of sp³-hybridized carbons (Fsp3) is 0.263. The highest BCUT2D eigenvalue weighted by Crippen LogP contribution is 2.26. The van der Waals surface area contributed by atoms with Crippen LogP contribution in [0.4, 0.5) is 0 Å². The van der Waals surface area contributed by atoms with Crippen molar-refractivity contribution in [3.05, 3.63) is 65.6 Å². The van der Waals surface area contributed by atoms with Gasteiger partial charge in [0.25, 0.3) is 5.91 Å². The van der Waals surface area contributed by atoms with Crippen molar-refractivity contribution in [1.82, 2.24) is 14.3 Å². The van der Waals surface area contributed by atoms with Gasteiger partial charge in [-0.15, -0.1) is 0 Å². The lowest BCUT2D eigenvalue weighted by atomic mass is 10.1. The number of amides is 1. The minimum Gasteiger partial charge on any atom is -0.486 e. The molecule has 1 saturated heterocycles. The molecule has 0 aliphatic carbocycles. The molecule has 1 aliphatic heterocycles. The van der Waals surface area contributed by atoms with E-state index in [4.69, 9.17) is 4.74 Å². The van der Waals surface area contributed by atoms with Gasteiger partial charge in [0.2, 0.25) is 0 Å². The van der Waals surface area contributed by atoms with Crippen molar-refractivity contribution in [3.63, 3.8) is 0 Å². The Morgan fingerprint density at radius 1 is 1.17 bits per heavy atom. The van der Waals surface area contributed by atoms with Gasteiger partial charge in [-0.05, 0) is 37.1 Å². The van der Waals surface area contributed by atoms with Gasteiger partial charge < -0.3 is 14.0 Å². The molecule has 2 aromatic heterocycles. The van der Waals surface area contributed by atoms with E-state index in [9.17, 15) is 4.79 Å². The van der Waals surface area contributed by atoms with E-state index < -0.39 is 0 Å². The predicted molar refractivity (Wildman–Crippen MR) is 91.4 cm³/mol. The molecule has 3 heterocycles. The van der Waals surface area contributed by atoms with Gasteiger partial charge in [0.15, 0.2) is 0 Å². The highest BCUT2D eigenvalue weighted by Gasteiger charge is 2.33. The topological polar surface area (TPSA) is 46.8 Å². The zero-order chi connectivity index (χ0) is 16.7. The maximum absolute atomic E-state index is 12.6. The standard InChI is InChI=1S/C19H19N3O2/c1-13-4-3-5-14(2)18(13)24-16-11-22(12-16)19(23)15-6-7-17-20-8-9-21(17)10-15/h3-10,16H,11-12H2,1-2H3. The molecule has 1 aromatic carbocycles. The lowest BCUT2D eigenvalue weighted by molar-refractivity contribution is 0.0172. The molecule has 5 heteroatoms. The summed E-state index contributed by atoms with van der Waals surface area (Å²) in [6.45, 7) is 5.33. The number of ether oxygens (including phenoxy) is 1. The van der Waals surface area contributed by atoms with E-state index in [1.165, 1.54) is 0 Å². The number of nitrogens with zero attached hydrogens (tertiary/aromatic N) is 3. The Morgan fingerprint density at radius 3 is 2.67 bits per heavy atom. The predicted octanol–water partition coefficient (Wildman–Crippen LogP) is 2.85. The number of pyridine rings is 1. The Bertz CT molecular complexity index is 890. The Hall–Kier alpha value is -2.82. The largest absolute Gasteiger partial charge is 0.486 e. The molecule has 0 N–H and O–H groups in total. The van der Waals surface area contributed by atoms with Crippen LogP contribution in [0.25, 0.3) is 5.65 Å². The molecule has 1 aliphatic rings. The summed E-state index contributed by atoms with van der Waals surface area (Å²) in [5, 5.41) is 0. The van der Waals surface area contributed by atoms with Crippen molar-refractivity contribution in [2.24, 2.45) is 0 Å². The highest BCUT2D eigenvalue weighted by atomic mass is 16.5. The fourth-order valence-corrected chi connectivity index (χ4v) is 3.06. The molecule has 0 unspecified atom stereocenters. The third-order valence-corrected chi connectivity index (χ3v) is 4.46. The van der Waals surface area contributed by atoms with Crippen LogP contribution in [0.2, 0.25) is 0 Å². The summed E-state index contributed by atoms with van der Waals surface area (Å²) >= 11 is 0. The molecule has 1 fully saturated rings. The van der Waals surface area contributed by atoms with Crippen molar-refractivity contribution >= 4 is 11.6 Å². The van der Waals surface area contributed by atoms with Crippen molar-refractivity contribution in [2.75, 3.05) is 13.1 Å². The lowest BCUT2D eigenvalue weighted by Crippen LogP contribution is -2.56. The van der Waals surface area contributed by atoms with Crippen LogP contribution < -0.4 is 4.74 Å². The van der Waals surface area contributed by atoms with Gasteiger partial charge in [0.1, 0.15) is 17.5 Å². The van der Waals surface area contributed by atoms with Gasteiger partial charge in [0, 0.05) is 18.6 Å². The Morgan fingerprint density at radius 2 is 1.92 bits per heavy atom. The third-order valence-electron chi connectivity index (χ3n) is 4.46. The summed E-state index contributed by atoms with van der Waals surface area (Å²) in [6.07, 6.45) is 5.45. The summed E-state index contributed by atoms with van der Waals surface area (Å²) < 4.78 is 7.94. The molecule has 0 spiro atoms. The highest BCUT2D eigenvalue weighted by molar-refractivity contribution is 5.94. The molecule has 0 saturated carbocycles. The number of likely N-dealkylation sites (tertiary alicyclic amines) is 1. The van der Waals surface area contributed by atoms with Crippen LogP contribution in [0.1, 0.15) is 21.5 Å². The molecule has 4 rings (SSSR count). The average Bonchev–Trinajstić information content (AvgIpc) is 2.99. The smallest absolute Gasteiger partial charge is 0.255 e. The SMILES string of the molecule is Cc1cccc(C)c1OC1CN(C(=O)c2ccc3nccn3c2)C1. The molecular formula is C19H19N3O2. The lowest BCUT2D eigenvalue weighted by Gasteiger charge is -2.39. The minimum absolute atomic E-state index is 0.0342. The van der Waals surface area contributed by atoms with E-state index in [-0.39, 0.29) is 12.0 Å². The van der Waals surface area contributed by atoms with E-state index in [0.29, 0.717) is 18.7 Å². The maximum Gasteiger partial charge on any atom is 0.255 e. The summed E-state index contributed by atoms with van der Waals surface area (Å²) in [6, 6.07) is 9.80. The third kappa shape index (κ3) is 2.52. The zero-order valence-electron chi connectivity index (χ0n) is 13.8. The number of hydrogen-bond donors (Lipinski definition) is 0. The first-order valence-corrected chi connectivity index (χ1v) is 8.07. The van der Waals surface area contributed by atoms with Crippen LogP contribution in [0, 0.1) is 13.8 Å². The zero-order valence-corrected chi connectivity index (χ0v) is 13.8. The van der Waals surface area contributed by atoms with Crippen molar-refractivity contribution in [3.8, 4) is 5.75 Å². The van der Waals surface area contributed by atoms with Crippen LogP contribution in [0.15, 0.2) is 48.9 Å². The normalized spacial score (nSPS) is 14.7. The number of aromatic nitrogens is 2. The number of aryl methyl sites for hydroxylation is 2. The minimum atomic E-state index is 0.0342. The first-order valence-electron chi connectivity index (χ1n) is 8.07. The van der Waals surface area contributed by atoms with E-state index in [0.717, 1.165) is 22.5 Å². The second-order valence-electron chi connectivity index (χ2n) is 6.28. The van der Waals surface area contributed by atoms with Crippen LogP contribution in [-0.4, -0.2) is 39.4 Å². The second-order valence-corrected chi connectivity index (χ2v) is 6.28. The van der Waals surface area contributed by atoms with Crippen LogP contribution >= 0.6 is 0 Å². The molecule has 122 valence electrons. The number of rotatable bonds is 3. The van der Waals surface area contributed by atoms with Crippen LogP contribution in [-0.2, 0) is 0 Å². The van der Waals surface area contributed by atoms with E-state index in [2.05, 4.69) is 4.98 Å². The van der Waals surface area contributed by atoms with Gasteiger partial charge in [-0.3, -0.25) is 4.79 Å². The number of carbonyl (C=O) groups is 1. The van der Waals surface area contributed by atoms with Crippen LogP contribution in [0.5, 0.6) is 5.75 Å². The van der Waals surface area contributed by atoms with E-state index >= 15 is 0 Å². The summed E-state index contributed by atoms with van der Waals surface area (Å²) in [4.78, 5) is 18.6. The molecule has 0 radical (unpaired) electrons. The number of para-hydroxylation sites is 1. The van der Waals surface area contributed by atoms with E-state index in [1.807, 2.05) is 65.9 Å². The average molecular weight is 321 g/mol. The van der Waals surface area contributed by atoms with Gasteiger partial charge in [-0.25, -0.2) is 4.98 Å². The quantitative estimate of drug-likeness (QED) is 0.745. The van der Waals surface area contributed by atoms with Gasteiger partial charge >= 0.3 is 0 Å². The Balaban J connectivity index is 1.42. The monoisotopic (exact) mass is 321 g/mol. The number of imidazole rings is 1. The van der Waals surface area contributed by atoms with Crippen molar-refractivity contribution in [1.29, 1.82) is 0 Å². The summed E-state index contributed by atoms with van der Waals surface area (Å²) in [5.74, 6) is 0.974.